The highest BCUT2D eigenvalue weighted by Gasteiger charge is 2.32. The van der Waals surface area contributed by atoms with Crippen LogP contribution in [-0.2, 0) is 4.74 Å². The zero-order valence-corrected chi connectivity index (χ0v) is 15.2. The van der Waals surface area contributed by atoms with Gasteiger partial charge in [0, 0.05) is 22.6 Å². The molecule has 4 nitrogen and oxygen atoms in total. The maximum Gasteiger partial charge on any atom is 0.407 e. The molecule has 0 radical (unpaired) electrons. The summed E-state index contributed by atoms with van der Waals surface area (Å²) >= 11 is 3.50. The topological polar surface area (TPSA) is 50.4 Å². The molecule has 1 saturated carbocycles. The first-order valence-electron chi connectivity index (χ1n) is 7.74. The van der Waals surface area contributed by atoms with E-state index >= 15 is 0 Å². The molecule has 1 aliphatic carbocycles. The van der Waals surface area contributed by atoms with Crippen LogP contribution in [0.4, 0.5) is 4.79 Å². The molecule has 5 heteroatoms. The van der Waals surface area contributed by atoms with E-state index < -0.39 is 5.60 Å². The van der Waals surface area contributed by atoms with Crippen LogP contribution in [0.15, 0.2) is 28.7 Å². The summed E-state index contributed by atoms with van der Waals surface area (Å²) in [6, 6.07) is 9.27. The van der Waals surface area contributed by atoms with Crippen molar-refractivity contribution in [3.05, 3.63) is 34.3 Å². The van der Waals surface area contributed by atoms with Crippen molar-refractivity contribution in [3.8, 4) is 0 Å². The fraction of sp³-hybridized carbons (Fsp3) is 0.588. The Morgan fingerprint density at radius 2 is 2.00 bits per heavy atom. The molecule has 0 aromatic heterocycles. The molecule has 1 aromatic carbocycles. The molecule has 0 spiro atoms. The van der Waals surface area contributed by atoms with Crippen molar-refractivity contribution in [1.82, 2.24) is 10.6 Å². The molecule has 1 amide bonds. The van der Waals surface area contributed by atoms with Gasteiger partial charge in [-0.05, 0) is 58.2 Å². The van der Waals surface area contributed by atoms with Gasteiger partial charge in [0.05, 0.1) is 0 Å². The first kappa shape index (κ1) is 17.3. The Hall–Kier alpha value is -1.07. The highest BCUT2D eigenvalue weighted by molar-refractivity contribution is 9.10. The van der Waals surface area contributed by atoms with Gasteiger partial charge in [-0.15, -0.1) is 0 Å². The van der Waals surface area contributed by atoms with E-state index in [9.17, 15) is 4.79 Å². The van der Waals surface area contributed by atoms with Crippen molar-refractivity contribution in [2.75, 3.05) is 0 Å². The van der Waals surface area contributed by atoms with Gasteiger partial charge >= 0.3 is 6.09 Å². The Morgan fingerprint density at radius 1 is 1.32 bits per heavy atom. The summed E-state index contributed by atoms with van der Waals surface area (Å²) < 4.78 is 6.36. The van der Waals surface area contributed by atoms with Gasteiger partial charge in [-0.3, -0.25) is 0 Å². The molecule has 22 heavy (non-hydrogen) atoms. The first-order chi connectivity index (χ1) is 10.2. The smallest absolute Gasteiger partial charge is 0.407 e. The van der Waals surface area contributed by atoms with Gasteiger partial charge < -0.3 is 15.4 Å². The second-order valence-corrected chi connectivity index (χ2v) is 7.87. The Kier molecular flexibility index (Phi) is 5.50. The average molecular weight is 369 g/mol. The molecule has 1 unspecified atom stereocenters. The molecule has 0 heterocycles. The average Bonchev–Trinajstić information content (AvgIpc) is 2.33. The number of rotatable bonds is 4. The van der Waals surface area contributed by atoms with E-state index in [1.165, 1.54) is 5.56 Å². The molecule has 0 bridgehead atoms. The highest BCUT2D eigenvalue weighted by Crippen LogP contribution is 2.25. The van der Waals surface area contributed by atoms with E-state index in [1.54, 1.807) is 0 Å². The summed E-state index contributed by atoms with van der Waals surface area (Å²) in [4.78, 5) is 11.7. The third kappa shape index (κ3) is 5.29. The van der Waals surface area contributed by atoms with Crippen molar-refractivity contribution in [1.29, 1.82) is 0 Å². The lowest BCUT2D eigenvalue weighted by molar-refractivity contribution is 0.0463. The predicted octanol–water partition coefficient (Wildman–Crippen LogP) is 4.16. The highest BCUT2D eigenvalue weighted by atomic mass is 79.9. The van der Waals surface area contributed by atoms with Gasteiger partial charge in [0.25, 0.3) is 0 Å². The van der Waals surface area contributed by atoms with Crippen LogP contribution in [0.3, 0.4) is 0 Å². The summed E-state index contributed by atoms with van der Waals surface area (Å²) in [5.74, 6) is 0. The minimum atomic E-state index is -0.444. The minimum absolute atomic E-state index is 0.210. The van der Waals surface area contributed by atoms with E-state index in [4.69, 9.17) is 4.74 Å². The zero-order valence-electron chi connectivity index (χ0n) is 13.7. The maximum atomic E-state index is 11.7. The van der Waals surface area contributed by atoms with Crippen molar-refractivity contribution in [3.63, 3.8) is 0 Å². The van der Waals surface area contributed by atoms with Crippen molar-refractivity contribution >= 4 is 22.0 Å². The molecule has 122 valence electrons. The SMILES string of the molecule is CC(NC1CC(NC(=O)OC(C)(C)C)C1)c1cccc(Br)c1. The van der Waals surface area contributed by atoms with Crippen molar-refractivity contribution < 1.29 is 9.53 Å². The Morgan fingerprint density at radius 3 is 2.59 bits per heavy atom. The number of hydrogen-bond acceptors (Lipinski definition) is 3. The number of ether oxygens (including phenoxy) is 1. The monoisotopic (exact) mass is 368 g/mol. The molecule has 2 N–H and O–H groups in total. The van der Waals surface area contributed by atoms with Crippen LogP contribution in [0.25, 0.3) is 0 Å². The summed E-state index contributed by atoms with van der Waals surface area (Å²) in [6.45, 7) is 7.78. The lowest BCUT2D eigenvalue weighted by atomic mass is 9.86. The van der Waals surface area contributed by atoms with Crippen molar-refractivity contribution in [2.24, 2.45) is 0 Å². The molecule has 1 atom stereocenters. The summed E-state index contributed by atoms with van der Waals surface area (Å²) in [5.41, 5.74) is 0.818. The minimum Gasteiger partial charge on any atom is -0.444 e. The van der Waals surface area contributed by atoms with Gasteiger partial charge in [-0.1, -0.05) is 28.1 Å². The van der Waals surface area contributed by atoms with E-state index in [0.29, 0.717) is 12.1 Å². The number of alkyl carbamates (subject to hydrolysis) is 1. The predicted molar refractivity (Wildman–Crippen MR) is 91.9 cm³/mol. The van der Waals surface area contributed by atoms with Crippen LogP contribution < -0.4 is 10.6 Å². The number of carbonyl (C=O) groups is 1. The molecular weight excluding hydrogens is 344 g/mol. The summed E-state index contributed by atoms with van der Waals surface area (Å²) in [5, 5.41) is 6.51. The van der Waals surface area contributed by atoms with Gasteiger partial charge in [-0.2, -0.15) is 0 Å². The number of benzene rings is 1. The number of halogens is 1. The van der Waals surface area contributed by atoms with Crippen LogP contribution >= 0.6 is 15.9 Å². The second kappa shape index (κ2) is 7.01. The molecule has 0 saturated heterocycles. The van der Waals surface area contributed by atoms with Gasteiger partial charge in [0.2, 0.25) is 0 Å². The van der Waals surface area contributed by atoms with Gasteiger partial charge in [-0.25, -0.2) is 4.79 Å². The van der Waals surface area contributed by atoms with Crippen molar-refractivity contribution in [2.45, 2.75) is 64.3 Å². The third-order valence-electron chi connectivity index (χ3n) is 3.69. The summed E-state index contributed by atoms with van der Waals surface area (Å²) in [7, 11) is 0. The number of carbonyl (C=O) groups excluding carboxylic acids is 1. The molecule has 2 rings (SSSR count). The molecular formula is C17H25BrN2O2. The van der Waals surface area contributed by atoms with E-state index in [0.717, 1.165) is 17.3 Å². The number of amides is 1. The van der Waals surface area contributed by atoms with Gasteiger partial charge in [0.1, 0.15) is 5.60 Å². The maximum absolute atomic E-state index is 11.7. The molecule has 1 fully saturated rings. The Balaban J connectivity index is 1.72. The van der Waals surface area contributed by atoms with Crippen LogP contribution in [0.2, 0.25) is 0 Å². The Labute approximate surface area is 141 Å². The molecule has 1 aromatic rings. The lowest BCUT2D eigenvalue weighted by Gasteiger charge is -2.38. The second-order valence-electron chi connectivity index (χ2n) is 6.95. The van der Waals surface area contributed by atoms with Crippen LogP contribution in [0, 0.1) is 0 Å². The normalized spacial score (nSPS) is 22.6. The van der Waals surface area contributed by atoms with Crippen LogP contribution in [-0.4, -0.2) is 23.8 Å². The third-order valence-corrected chi connectivity index (χ3v) is 4.19. The number of nitrogens with one attached hydrogen (secondary N) is 2. The fourth-order valence-corrected chi connectivity index (χ4v) is 2.99. The van der Waals surface area contributed by atoms with E-state index in [-0.39, 0.29) is 12.1 Å². The Bertz CT molecular complexity index is 522. The largest absolute Gasteiger partial charge is 0.444 e. The van der Waals surface area contributed by atoms with E-state index in [1.807, 2.05) is 32.9 Å². The number of hydrogen-bond donors (Lipinski definition) is 2. The van der Waals surface area contributed by atoms with Crippen LogP contribution in [0.5, 0.6) is 0 Å². The van der Waals surface area contributed by atoms with E-state index in [2.05, 4.69) is 45.6 Å². The first-order valence-corrected chi connectivity index (χ1v) is 8.53. The lowest BCUT2D eigenvalue weighted by Crippen LogP contribution is -2.53. The zero-order chi connectivity index (χ0) is 16.3. The fourth-order valence-electron chi connectivity index (χ4n) is 2.57. The standard InChI is InChI=1S/C17H25BrN2O2/c1-11(12-6-5-7-13(18)8-12)19-14-9-15(10-14)20-16(21)22-17(2,3)4/h5-8,11,14-15,19H,9-10H2,1-4H3,(H,20,21). The van der Waals surface area contributed by atoms with Gasteiger partial charge in [0.15, 0.2) is 0 Å². The molecule has 0 aliphatic heterocycles. The van der Waals surface area contributed by atoms with Crippen LogP contribution in [0.1, 0.15) is 52.1 Å². The summed E-state index contributed by atoms with van der Waals surface area (Å²) in [6.07, 6.45) is 1.56. The molecule has 1 aliphatic rings. The quantitative estimate of drug-likeness (QED) is 0.838.